The normalized spacial score (nSPS) is 17.7. The van der Waals surface area contributed by atoms with Gasteiger partial charge >= 0.3 is 0 Å². The molecule has 0 unspecified atom stereocenters. The van der Waals surface area contributed by atoms with Crippen molar-refractivity contribution < 1.29 is 18.6 Å². The fourth-order valence-corrected chi connectivity index (χ4v) is 6.68. The highest BCUT2D eigenvalue weighted by Crippen LogP contribution is 2.53. The highest BCUT2D eigenvalue weighted by Gasteiger charge is 2.27. The van der Waals surface area contributed by atoms with Crippen LogP contribution >= 0.6 is 10.6 Å². The van der Waals surface area contributed by atoms with Crippen molar-refractivity contribution in [3.63, 3.8) is 0 Å². The molecule has 0 aliphatic carbocycles. The number of hydrogen-bond donors (Lipinski definition) is 3. The highest BCUT2D eigenvalue weighted by atomic mass is 32.3. The van der Waals surface area contributed by atoms with Crippen molar-refractivity contribution in [2.75, 3.05) is 18.9 Å². The second-order valence-corrected chi connectivity index (χ2v) is 11.4. The Labute approximate surface area is 205 Å². The van der Waals surface area contributed by atoms with Crippen molar-refractivity contribution in [3.8, 4) is 16.9 Å². The standard InChI is InChI=1S/C27H27N3O4S/c1-17-28-23-7-4-19(15-24(23)29-17)18-5-8-25-22(13-18)16-30(10-11-34-25)27(31)21-6-9-26-20(14-21)3-2-12-35(26,32)33/h4-9,13-15,32-33H,2-3,10-12,16H2,1H3,(H,28,29). The second-order valence-electron chi connectivity index (χ2n) is 9.25. The van der Waals surface area contributed by atoms with E-state index in [9.17, 15) is 13.9 Å². The second kappa shape index (κ2) is 8.41. The maximum Gasteiger partial charge on any atom is 0.254 e. The molecule has 0 saturated carbocycles. The van der Waals surface area contributed by atoms with Crippen LogP contribution in [0.1, 0.15) is 33.7 Å². The number of aromatic amines is 1. The van der Waals surface area contributed by atoms with Crippen molar-refractivity contribution in [1.82, 2.24) is 14.9 Å². The van der Waals surface area contributed by atoms with Gasteiger partial charge in [-0.3, -0.25) is 13.9 Å². The van der Waals surface area contributed by atoms with E-state index < -0.39 is 10.6 Å². The molecule has 1 amide bonds. The quantitative estimate of drug-likeness (QED) is 0.339. The van der Waals surface area contributed by atoms with Gasteiger partial charge in [-0.25, -0.2) is 4.98 Å². The van der Waals surface area contributed by atoms with E-state index in [1.807, 2.05) is 31.2 Å². The molecule has 3 aromatic carbocycles. The lowest BCUT2D eigenvalue weighted by atomic mass is 10.0. The number of aromatic nitrogens is 2. The van der Waals surface area contributed by atoms with Crippen LogP contribution in [0.25, 0.3) is 22.2 Å². The van der Waals surface area contributed by atoms with Crippen molar-refractivity contribution in [2.45, 2.75) is 31.2 Å². The number of carbonyl (C=O) groups excluding carboxylic acids is 1. The van der Waals surface area contributed by atoms with Gasteiger partial charge in [-0.1, -0.05) is 12.1 Å². The predicted octanol–water partition coefficient (Wildman–Crippen LogP) is 5.63. The fraction of sp³-hybridized carbons (Fsp3) is 0.259. The molecule has 0 atom stereocenters. The monoisotopic (exact) mass is 489 g/mol. The van der Waals surface area contributed by atoms with Crippen LogP contribution in [0.15, 0.2) is 59.5 Å². The molecule has 0 spiro atoms. The van der Waals surface area contributed by atoms with Gasteiger partial charge in [-0.15, -0.1) is 0 Å². The summed E-state index contributed by atoms with van der Waals surface area (Å²) in [5.74, 6) is 1.99. The third-order valence-corrected chi connectivity index (χ3v) is 8.76. The number of imidazole rings is 1. The first kappa shape index (κ1) is 22.2. The molecule has 7 nitrogen and oxygen atoms in total. The summed E-state index contributed by atoms with van der Waals surface area (Å²) in [6.07, 6.45) is 1.46. The third-order valence-electron chi connectivity index (χ3n) is 6.80. The number of carbonyl (C=O) groups is 1. The van der Waals surface area contributed by atoms with Gasteiger partial charge in [0.2, 0.25) is 0 Å². The van der Waals surface area contributed by atoms with Crippen LogP contribution in [-0.4, -0.2) is 48.8 Å². The SMILES string of the molecule is Cc1nc2ccc(-c3ccc4c(c3)CN(C(=O)c3ccc5c(c3)CCCS5(O)O)CCO4)cc2[nH]1. The lowest BCUT2D eigenvalue weighted by Gasteiger charge is -2.38. The van der Waals surface area contributed by atoms with Crippen LogP contribution in [0.5, 0.6) is 5.75 Å². The summed E-state index contributed by atoms with van der Waals surface area (Å²) in [7, 11) is -2.75. The van der Waals surface area contributed by atoms with E-state index in [1.165, 1.54) is 0 Å². The van der Waals surface area contributed by atoms with Gasteiger partial charge in [-0.05, 0) is 78.9 Å². The first-order valence-corrected chi connectivity index (χ1v) is 13.5. The first-order chi connectivity index (χ1) is 16.9. The lowest BCUT2D eigenvalue weighted by Crippen LogP contribution is -2.32. The van der Waals surface area contributed by atoms with E-state index in [2.05, 4.69) is 28.2 Å². The molecule has 0 bridgehead atoms. The number of H-pyrrole nitrogens is 1. The van der Waals surface area contributed by atoms with E-state index in [1.54, 1.807) is 17.0 Å². The van der Waals surface area contributed by atoms with Gasteiger partial charge < -0.3 is 14.6 Å². The van der Waals surface area contributed by atoms with Crippen LogP contribution in [0.3, 0.4) is 0 Å². The summed E-state index contributed by atoms with van der Waals surface area (Å²) in [5.41, 5.74) is 6.44. The number of nitrogens with one attached hydrogen (secondary N) is 1. The zero-order valence-corrected chi connectivity index (χ0v) is 20.3. The van der Waals surface area contributed by atoms with Crippen molar-refractivity contribution >= 4 is 27.5 Å². The number of rotatable bonds is 2. The van der Waals surface area contributed by atoms with E-state index in [0.717, 1.165) is 51.3 Å². The molecule has 3 heterocycles. The van der Waals surface area contributed by atoms with Gasteiger partial charge in [0, 0.05) is 23.4 Å². The Morgan fingerprint density at radius 3 is 2.77 bits per heavy atom. The molecule has 180 valence electrons. The molecule has 3 N–H and O–H groups in total. The molecule has 4 aromatic rings. The molecule has 2 aliphatic heterocycles. The smallest absolute Gasteiger partial charge is 0.254 e. The maximum absolute atomic E-state index is 13.5. The van der Waals surface area contributed by atoms with E-state index >= 15 is 0 Å². The Morgan fingerprint density at radius 2 is 1.89 bits per heavy atom. The Balaban J connectivity index is 1.29. The fourth-order valence-electron chi connectivity index (χ4n) is 5.05. The minimum absolute atomic E-state index is 0.0777. The number of ether oxygens (including phenoxy) is 1. The Morgan fingerprint density at radius 1 is 1.06 bits per heavy atom. The van der Waals surface area contributed by atoms with E-state index in [-0.39, 0.29) is 5.91 Å². The summed E-state index contributed by atoms with van der Waals surface area (Å²) >= 11 is 0. The van der Waals surface area contributed by atoms with Gasteiger partial charge in [0.05, 0.1) is 22.5 Å². The van der Waals surface area contributed by atoms with Crippen LogP contribution in [-0.2, 0) is 13.0 Å². The molecule has 2 aliphatic rings. The lowest BCUT2D eigenvalue weighted by molar-refractivity contribution is 0.0733. The summed E-state index contributed by atoms with van der Waals surface area (Å²) in [6.45, 7) is 3.29. The van der Waals surface area contributed by atoms with Crippen LogP contribution in [0.2, 0.25) is 0 Å². The van der Waals surface area contributed by atoms with E-state index in [4.69, 9.17) is 4.74 Å². The van der Waals surface area contributed by atoms with Crippen molar-refractivity contribution in [2.24, 2.45) is 0 Å². The minimum atomic E-state index is -2.75. The number of nitrogens with zero attached hydrogens (tertiary/aromatic N) is 2. The first-order valence-electron chi connectivity index (χ1n) is 11.8. The number of hydrogen-bond acceptors (Lipinski definition) is 5. The van der Waals surface area contributed by atoms with Crippen LogP contribution < -0.4 is 4.74 Å². The molecule has 6 rings (SSSR count). The topological polar surface area (TPSA) is 98.7 Å². The summed E-state index contributed by atoms with van der Waals surface area (Å²) in [6, 6.07) is 17.5. The molecule has 0 saturated heterocycles. The number of aryl methyl sites for hydroxylation is 2. The Kier molecular flexibility index (Phi) is 5.32. The van der Waals surface area contributed by atoms with Gasteiger partial charge in [0.25, 0.3) is 5.91 Å². The molecular formula is C27H27N3O4S. The molecule has 8 heteroatoms. The van der Waals surface area contributed by atoms with Crippen molar-refractivity contribution in [1.29, 1.82) is 0 Å². The predicted molar refractivity (Wildman–Crippen MR) is 137 cm³/mol. The third kappa shape index (κ3) is 4.07. The summed E-state index contributed by atoms with van der Waals surface area (Å²) < 4.78 is 26.7. The maximum atomic E-state index is 13.5. The Bertz CT molecular complexity index is 1460. The summed E-state index contributed by atoms with van der Waals surface area (Å²) in [4.78, 5) is 23.6. The van der Waals surface area contributed by atoms with Crippen LogP contribution in [0.4, 0.5) is 0 Å². The average Bonchev–Trinajstić information content (AvgIpc) is 3.08. The largest absolute Gasteiger partial charge is 0.491 e. The highest BCUT2D eigenvalue weighted by molar-refractivity contribution is 8.24. The number of benzene rings is 3. The molecule has 35 heavy (non-hydrogen) atoms. The zero-order chi connectivity index (χ0) is 24.2. The van der Waals surface area contributed by atoms with Gasteiger partial charge in [-0.2, -0.15) is 10.6 Å². The van der Waals surface area contributed by atoms with E-state index in [0.29, 0.717) is 42.3 Å². The molecular weight excluding hydrogens is 462 g/mol. The molecule has 0 radical (unpaired) electrons. The molecule has 0 fully saturated rings. The number of fused-ring (bicyclic) bond motifs is 3. The van der Waals surface area contributed by atoms with Gasteiger partial charge in [0.15, 0.2) is 0 Å². The average molecular weight is 490 g/mol. The zero-order valence-electron chi connectivity index (χ0n) is 19.5. The summed E-state index contributed by atoms with van der Waals surface area (Å²) in [5, 5.41) is 0. The molecule has 1 aromatic heterocycles. The van der Waals surface area contributed by atoms with Gasteiger partial charge in [0.1, 0.15) is 18.2 Å². The van der Waals surface area contributed by atoms with Crippen LogP contribution in [0, 0.1) is 6.92 Å². The number of amides is 1. The van der Waals surface area contributed by atoms with Crippen molar-refractivity contribution in [3.05, 3.63) is 77.1 Å². The Hall–Kier alpha value is -3.33. The minimum Gasteiger partial charge on any atom is -0.491 e.